The number of anilines is 3. The van der Waals surface area contributed by atoms with Crippen LogP contribution in [0.4, 0.5) is 17.1 Å². The molecule has 0 saturated carbocycles. The van der Waals surface area contributed by atoms with Crippen molar-refractivity contribution in [1.82, 2.24) is 15.0 Å². The largest absolute Gasteiger partial charge is 0.456 e. The number of nitrogens with zero attached hydrogens (tertiary/aromatic N) is 4. The molecule has 0 N–H and O–H groups in total. The van der Waals surface area contributed by atoms with Crippen LogP contribution in [-0.4, -0.2) is 15.0 Å². The summed E-state index contributed by atoms with van der Waals surface area (Å²) in [7, 11) is 0. The normalized spacial score (nSPS) is 12.4. The molecule has 14 rings (SSSR count). The summed E-state index contributed by atoms with van der Waals surface area (Å²) in [4.78, 5) is 18.5. The van der Waals surface area contributed by atoms with Gasteiger partial charge in [-0.3, -0.25) is 0 Å². The van der Waals surface area contributed by atoms with Crippen molar-refractivity contribution in [2.24, 2.45) is 0 Å². The van der Waals surface area contributed by atoms with Crippen LogP contribution in [0.1, 0.15) is 22.3 Å². The molecule has 2 aromatic heterocycles. The Morgan fingerprint density at radius 3 is 1.33 bits per heavy atom. The Bertz CT molecular complexity index is 4080. The van der Waals surface area contributed by atoms with Crippen LogP contribution in [0.3, 0.4) is 0 Å². The molecule has 2 heterocycles. The van der Waals surface area contributed by atoms with E-state index in [-0.39, 0.29) is 0 Å². The van der Waals surface area contributed by atoms with Crippen LogP contribution < -0.4 is 4.90 Å². The van der Waals surface area contributed by atoms with Crippen molar-refractivity contribution in [2.45, 2.75) is 5.41 Å². The van der Waals surface area contributed by atoms with Gasteiger partial charge in [0.25, 0.3) is 0 Å². The van der Waals surface area contributed by atoms with E-state index in [1.54, 1.807) is 0 Å². The SMILES string of the molecule is c1ccc(-c2ccc(N(c3ccc(-c4ccccc4)cc3)c3cc(-c4nc(-c5ccccc5)nc(-c5ccc6c(c5)C(c5ccccc5)(c5ccccc5)c5ccccc5-6)n4)cc4oc5ccccc5c34)cc2)cc1. The summed E-state index contributed by atoms with van der Waals surface area (Å²) in [6.07, 6.45) is 0. The number of benzene rings is 11. The predicted molar refractivity (Wildman–Crippen MR) is 306 cm³/mol. The summed E-state index contributed by atoms with van der Waals surface area (Å²) in [6, 6.07) is 98.8. The van der Waals surface area contributed by atoms with Crippen molar-refractivity contribution in [3.8, 4) is 67.5 Å². The molecule has 0 unspecified atom stereocenters. The molecule has 5 nitrogen and oxygen atoms in total. The minimum Gasteiger partial charge on any atom is -0.456 e. The van der Waals surface area contributed by atoms with Gasteiger partial charge in [0, 0.05) is 33.5 Å². The first-order valence-electron chi connectivity index (χ1n) is 25.4. The first-order chi connectivity index (χ1) is 37.2. The molecule has 1 aliphatic rings. The third kappa shape index (κ3) is 7.52. The summed E-state index contributed by atoms with van der Waals surface area (Å²) < 4.78 is 6.85. The molecular weight excluding hydrogens is 913 g/mol. The van der Waals surface area contributed by atoms with Gasteiger partial charge >= 0.3 is 0 Å². The second kappa shape index (κ2) is 18.3. The number of furan rings is 1. The predicted octanol–water partition coefficient (Wildman–Crippen LogP) is 17.9. The van der Waals surface area contributed by atoms with Gasteiger partial charge in [-0.2, -0.15) is 0 Å². The fourth-order valence-electron chi connectivity index (χ4n) is 11.4. The van der Waals surface area contributed by atoms with E-state index in [2.05, 4.69) is 254 Å². The van der Waals surface area contributed by atoms with Crippen LogP contribution in [0.5, 0.6) is 0 Å². The maximum absolute atomic E-state index is 6.85. The minimum atomic E-state index is -0.591. The summed E-state index contributed by atoms with van der Waals surface area (Å²) in [5, 5.41) is 2.00. The average molecular weight is 959 g/mol. The van der Waals surface area contributed by atoms with E-state index in [9.17, 15) is 0 Å². The molecule has 0 saturated heterocycles. The highest BCUT2D eigenvalue weighted by atomic mass is 16.3. The minimum absolute atomic E-state index is 0.530. The van der Waals surface area contributed by atoms with E-state index in [1.807, 2.05) is 30.3 Å². The summed E-state index contributed by atoms with van der Waals surface area (Å²) in [6.45, 7) is 0. The molecule has 11 aromatic carbocycles. The Balaban J connectivity index is 0.993. The molecule has 0 aliphatic heterocycles. The van der Waals surface area contributed by atoms with Gasteiger partial charge in [-0.1, -0.05) is 231 Å². The van der Waals surface area contributed by atoms with Crippen LogP contribution in [0.2, 0.25) is 0 Å². The molecule has 0 fully saturated rings. The van der Waals surface area contributed by atoms with Gasteiger partial charge in [-0.05, 0) is 104 Å². The lowest BCUT2D eigenvalue weighted by molar-refractivity contribution is 0.669. The van der Waals surface area contributed by atoms with Gasteiger partial charge in [-0.25, -0.2) is 15.0 Å². The van der Waals surface area contributed by atoms with Crippen molar-refractivity contribution in [2.75, 3.05) is 4.90 Å². The van der Waals surface area contributed by atoms with E-state index in [0.29, 0.717) is 17.5 Å². The van der Waals surface area contributed by atoms with Crippen LogP contribution >= 0.6 is 0 Å². The second-order valence-corrected chi connectivity index (χ2v) is 19.1. The van der Waals surface area contributed by atoms with E-state index >= 15 is 0 Å². The maximum atomic E-state index is 6.85. The Hall–Kier alpha value is -9.97. The molecule has 0 amide bonds. The third-order valence-corrected chi connectivity index (χ3v) is 14.8. The first-order valence-corrected chi connectivity index (χ1v) is 25.4. The van der Waals surface area contributed by atoms with Gasteiger partial charge in [0.1, 0.15) is 11.2 Å². The van der Waals surface area contributed by atoms with Crippen LogP contribution in [0.25, 0.3) is 89.5 Å². The monoisotopic (exact) mass is 958 g/mol. The lowest BCUT2D eigenvalue weighted by Gasteiger charge is -2.34. The lowest BCUT2D eigenvalue weighted by atomic mass is 9.67. The number of hydrogen-bond donors (Lipinski definition) is 0. The fraction of sp³-hybridized carbons (Fsp3) is 0.0143. The van der Waals surface area contributed by atoms with Crippen molar-refractivity contribution < 1.29 is 4.42 Å². The Morgan fingerprint density at radius 2 is 0.747 bits per heavy atom. The third-order valence-electron chi connectivity index (χ3n) is 14.8. The van der Waals surface area contributed by atoms with Crippen molar-refractivity contribution >= 4 is 39.0 Å². The van der Waals surface area contributed by atoms with Gasteiger partial charge in [0.15, 0.2) is 17.5 Å². The van der Waals surface area contributed by atoms with Gasteiger partial charge in [0.2, 0.25) is 0 Å². The van der Waals surface area contributed by atoms with E-state index < -0.39 is 5.41 Å². The van der Waals surface area contributed by atoms with Crippen LogP contribution in [0, 0.1) is 0 Å². The summed E-state index contributed by atoms with van der Waals surface area (Å²) in [5.74, 6) is 1.68. The number of hydrogen-bond acceptors (Lipinski definition) is 5. The molecular formula is C70H46N4O. The van der Waals surface area contributed by atoms with E-state index in [1.165, 1.54) is 33.4 Å². The van der Waals surface area contributed by atoms with E-state index in [4.69, 9.17) is 19.4 Å². The highest BCUT2D eigenvalue weighted by molar-refractivity contribution is 6.14. The zero-order valence-electron chi connectivity index (χ0n) is 40.8. The Morgan fingerprint density at radius 1 is 0.307 bits per heavy atom. The smallest absolute Gasteiger partial charge is 0.164 e. The molecule has 0 radical (unpaired) electrons. The molecule has 0 bridgehead atoms. The molecule has 13 aromatic rings. The Labute approximate surface area is 435 Å². The number of fused-ring (bicyclic) bond motifs is 6. The van der Waals surface area contributed by atoms with Crippen molar-refractivity contribution in [3.05, 3.63) is 301 Å². The summed E-state index contributed by atoms with van der Waals surface area (Å²) >= 11 is 0. The molecule has 0 atom stereocenters. The highest BCUT2D eigenvalue weighted by Gasteiger charge is 2.46. The molecule has 5 heteroatoms. The molecule has 0 spiro atoms. The number of para-hydroxylation sites is 1. The topological polar surface area (TPSA) is 55.1 Å². The lowest BCUT2D eigenvalue weighted by Crippen LogP contribution is -2.28. The molecule has 1 aliphatic carbocycles. The zero-order valence-corrected chi connectivity index (χ0v) is 40.8. The summed E-state index contributed by atoms with van der Waals surface area (Å²) in [5.41, 5.74) is 18.2. The second-order valence-electron chi connectivity index (χ2n) is 19.1. The Kier molecular flexibility index (Phi) is 10.7. The van der Waals surface area contributed by atoms with Crippen molar-refractivity contribution in [3.63, 3.8) is 0 Å². The van der Waals surface area contributed by atoms with Gasteiger partial charge in [-0.15, -0.1) is 0 Å². The number of rotatable bonds is 10. The highest BCUT2D eigenvalue weighted by Crippen LogP contribution is 2.57. The number of aromatic nitrogens is 3. The van der Waals surface area contributed by atoms with Gasteiger partial charge < -0.3 is 9.32 Å². The molecule has 352 valence electrons. The molecule has 75 heavy (non-hydrogen) atoms. The van der Waals surface area contributed by atoms with Crippen LogP contribution in [-0.2, 0) is 5.41 Å². The quantitative estimate of drug-likeness (QED) is 0.137. The zero-order chi connectivity index (χ0) is 49.7. The standard InChI is InChI=1S/C70H46N4O/c1-6-20-47(21-7-1)49-34-39-56(40-35-49)74(57-41-36-50(37-42-57)48-22-8-2-9-23-48)63-45-53(46-65-66(63)60-31-17-19-33-64(60)75-65)69-72-67(51-24-10-3-11-25-51)71-68(73-69)52-38-43-59-58-30-16-18-32-61(58)70(62(59)44-52,54-26-12-4-13-27-54)55-28-14-5-15-29-55/h1-46H. The van der Waals surface area contributed by atoms with Gasteiger partial charge in [0.05, 0.1) is 16.5 Å². The van der Waals surface area contributed by atoms with Crippen LogP contribution in [0.15, 0.2) is 283 Å². The maximum Gasteiger partial charge on any atom is 0.164 e. The average Bonchev–Trinajstić information content (AvgIpc) is 4.09. The fourth-order valence-corrected chi connectivity index (χ4v) is 11.4. The first kappa shape index (κ1) is 43.8. The van der Waals surface area contributed by atoms with E-state index in [0.717, 1.165) is 77.9 Å². The van der Waals surface area contributed by atoms with Crippen molar-refractivity contribution in [1.29, 1.82) is 0 Å².